The SMILES string of the molecule is CC(C)C(CNS(=O)(=O)c1c[nH]c(=O)c(Cl)c1)N(C)C. The van der Waals surface area contributed by atoms with Crippen molar-refractivity contribution in [2.45, 2.75) is 24.8 Å². The first-order chi connectivity index (χ1) is 9.15. The maximum absolute atomic E-state index is 12.1. The molecule has 0 saturated heterocycles. The molecule has 0 aliphatic heterocycles. The van der Waals surface area contributed by atoms with Crippen LogP contribution in [0, 0.1) is 5.92 Å². The summed E-state index contributed by atoms with van der Waals surface area (Å²) in [4.78, 5) is 15.3. The number of nitrogens with one attached hydrogen (secondary N) is 2. The fourth-order valence-corrected chi connectivity index (χ4v) is 3.17. The number of hydrogen-bond donors (Lipinski definition) is 2. The highest BCUT2D eigenvalue weighted by molar-refractivity contribution is 7.89. The van der Waals surface area contributed by atoms with Crippen molar-refractivity contribution >= 4 is 21.6 Å². The van der Waals surface area contributed by atoms with Crippen LogP contribution in [0.1, 0.15) is 13.8 Å². The van der Waals surface area contributed by atoms with E-state index in [-0.39, 0.29) is 22.5 Å². The number of likely N-dealkylation sites (N-methyl/N-ethyl adjacent to an activating group) is 1. The lowest BCUT2D eigenvalue weighted by molar-refractivity contribution is 0.233. The van der Waals surface area contributed by atoms with Gasteiger partial charge in [0.2, 0.25) is 10.0 Å². The van der Waals surface area contributed by atoms with Crippen molar-refractivity contribution in [3.8, 4) is 0 Å². The van der Waals surface area contributed by atoms with E-state index in [0.717, 1.165) is 12.3 Å². The molecule has 0 aliphatic rings. The Labute approximate surface area is 124 Å². The topological polar surface area (TPSA) is 82.3 Å². The number of hydrogen-bond acceptors (Lipinski definition) is 4. The van der Waals surface area contributed by atoms with Crippen LogP contribution in [0.4, 0.5) is 0 Å². The van der Waals surface area contributed by atoms with Gasteiger partial charge in [-0.2, -0.15) is 0 Å². The van der Waals surface area contributed by atoms with Crippen LogP contribution in [-0.2, 0) is 10.0 Å². The van der Waals surface area contributed by atoms with Crippen molar-refractivity contribution in [1.29, 1.82) is 0 Å². The number of aromatic amines is 1. The van der Waals surface area contributed by atoms with Crippen LogP contribution in [0.25, 0.3) is 0 Å². The molecular weight excluding hydrogens is 302 g/mol. The summed E-state index contributed by atoms with van der Waals surface area (Å²) in [5, 5.41) is -0.152. The Hall–Kier alpha value is -0.890. The molecule has 2 N–H and O–H groups in total. The van der Waals surface area contributed by atoms with Crippen molar-refractivity contribution in [3.05, 3.63) is 27.6 Å². The van der Waals surface area contributed by atoms with Gasteiger partial charge in [-0.3, -0.25) is 4.79 Å². The zero-order chi connectivity index (χ0) is 15.5. The molecule has 0 bridgehead atoms. The van der Waals surface area contributed by atoms with Gasteiger partial charge >= 0.3 is 0 Å². The van der Waals surface area contributed by atoms with Crippen LogP contribution < -0.4 is 10.3 Å². The second-order valence-corrected chi connectivity index (χ2v) is 7.31. The quantitative estimate of drug-likeness (QED) is 0.815. The maximum Gasteiger partial charge on any atom is 0.266 e. The van der Waals surface area contributed by atoms with Crippen LogP contribution in [0.15, 0.2) is 22.0 Å². The summed E-state index contributed by atoms with van der Waals surface area (Å²) in [7, 11) is 0.104. The molecular formula is C12H20ClN3O3S. The van der Waals surface area contributed by atoms with Crippen molar-refractivity contribution < 1.29 is 8.42 Å². The Morgan fingerprint density at radius 3 is 2.45 bits per heavy atom. The third-order valence-corrected chi connectivity index (χ3v) is 4.74. The zero-order valence-corrected chi connectivity index (χ0v) is 13.5. The zero-order valence-electron chi connectivity index (χ0n) is 12.0. The van der Waals surface area contributed by atoms with Gasteiger partial charge in [-0.05, 0) is 26.1 Å². The van der Waals surface area contributed by atoms with Crippen LogP contribution >= 0.6 is 11.6 Å². The van der Waals surface area contributed by atoms with Gasteiger partial charge in [-0.25, -0.2) is 13.1 Å². The van der Waals surface area contributed by atoms with E-state index >= 15 is 0 Å². The predicted molar refractivity (Wildman–Crippen MR) is 79.6 cm³/mol. The minimum atomic E-state index is -3.69. The summed E-state index contributed by atoms with van der Waals surface area (Å²) in [5.74, 6) is 0.298. The first kappa shape index (κ1) is 17.2. The first-order valence-corrected chi connectivity index (χ1v) is 8.05. The van der Waals surface area contributed by atoms with Crippen LogP contribution in [0.5, 0.6) is 0 Å². The van der Waals surface area contributed by atoms with Gasteiger partial charge in [0.1, 0.15) is 5.02 Å². The van der Waals surface area contributed by atoms with Crippen molar-refractivity contribution in [2.75, 3.05) is 20.6 Å². The Balaban J connectivity index is 2.89. The van der Waals surface area contributed by atoms with Gasteiger partial charge < -0.3 is 9.88 Å². The van der Waals surface area contributed by atoms with Gasteiger partial charge in [0.25, 0.3) is 5.56 Å². The molecule has 0 radical (unpaired) electrons. The van der Waals surface area contributed by atoms with Crippen LogP contribution in [0.2, 0.25) is 5.02 Å². The molecule has 0 spiro atoms. The van der Waals surface area contributed by atoms with Crippen LogP contribution in [0.3, 0.4) is 0 Å². The van der Waals surface area contributed by atoms with Crippen molar-refractivity contribution in [2.24, 2.45) is 5.92 Å². The summed E-state index contributed by atoms with van der Waals surface area (Å²) in [6.07, 6.45) is 1.14. The second-order valence-electron chi connectivity index (χ2n) is 5.14. The Morgan fingerprint density at radius 2 is 2.00 bits per heavy atom. The molecule has 6 nitrogen and oxygen atoms in total. The van der Waals surface area contributed by atoms with Crippen molar-refractivity contribution in [1.82, 2.24) is 14.6 Å². The Bertz CT molecular complexity index is 603. The highest BCUT2D eigenvalue weighted by atomic mass is 35.5. The van der Waals surface area contributed by atoms with E-state index in [1.54, 1.807) is 0 Å². The fraction of sp³-hybridized carbons (Fsp3) is 0.583. The summed E-state index contributed by atoms with van der Waals surface area (Å²) in [5.41, 5.74) is -0.515. The molecule has 0 fully saturated rings. The highest BCUT2D eigenvalue weighted by Gasteiger charge is 2.21. The Morgan fingerprint density at radius 1 is 1.40 bits per heavy atom. The van der Waals surface area contributed by atoms with Crippen LogP contribution in [-0.4, -0.2) is 45.0 Å². The third kappa shape index (κ3) is 4.31. The standard InChI is InChI=1S/C12H20ClN3O3S/c1-8(2)11(16(3)4)7-15-20(18,19)9-5-10(13)12(17)14-6-9/h5-6,8,11,15H,7H2,1-4H3,(H,14,17). The van der Waals surface area contributed by atoms with E-state index in [1.807, 2.05) is 32.8 Å². The third-order valence-electron chi connectivity index (χ3n) is 3.06. The van der Waals surface area contributed by atoms with Gasteiger partial charge in [-0.15, -0.1) is 0 Å². The molecule has 0 aliphatic carbocycles. The molecule has 1 rings (SSSR count). The number of nitrogens with zero attached hydrogens (tertiary/aromatic N) is 1. The average Bonchev–Trinajstić information content (AvgIpc) is 2.31. The first-order valence-electron chi connectivity index (χ1n) is 6.19. The number of rotatable bonds is 6. The molecule has 114 valence electrons. The molecule has 0 aromatic carbocycles. The Kier molecular flexibility index (Phi) is 5.76. The van der Waals surface area contributed by atoms with Gasteiger partial charge in [0.15, 0.2) is 0 Å². The van der Waals surface area contributed by atoms with Crippen molar-refractivity contribution in [3.63, 3.8) is 0 Å². The molecule has 1 heterocycles. The molecule has 1 unspecified atom stereocenters. The monoisotopic (exact) mass is 321 g/mol. The number of aromatic nitrogens is 1. The predicted octanol–water partition coefficient (Wildman–Crippen LogP) is 0.893. The number of halogens is 1. The van der Waals surface area contributed by atoms with E-state index in [1.165, 1.54) is 0 Å². The van der Waals surface area contributed by atoms with Gasteiger partial charge in [0, 0.05) is 18.8 Å². The molecule has 1 atom stereocenters. The van der Waals surface area contributed by atoms with Gasteiger partial charge in [-0.1, -0.05) is 25.4 Å². The van der Waals surface area contributed by atoms with E-state index in [2.05, 4.69) is 9.71 Å². The minimum Gasteiger partial charge on any atom is -0.326 e. The summed E-state index contributed by atoms with van der Waals surface area (Å²) in [6, 6.07) is 1.21. The van der Waals surface area contributed by atoms with E-state index < -0.39 is 15.6 Å². The fourth-order valence-electron chi connectivity index (χ4n) is 1.89. The minimum absolute atomic E-state index is 0.0524. The summed E-state index contributed by atoms with van der Waals surface area (Å²) >= 11 is 5.64. The smallest absolute Gasteiger partial charge is 0.266 e. The molecule has 0 saturated carbocycles. The maximum atomic E-state index is 12.1. The summed E-state index contributed by atoms with van der Waals surface area (Å²) in [6.45, 7) is 4.33. The molecule has 1 aromatic rings. The lowest BCUT2D eigenvalue weighted by Crippen LogP contribution is -2.43. The molecule has 0 amide bonds. The molecule has 1 aromatic heterocycles. The highest BCUT2D eigenvalue weighted by Crippen LogP contribution is 2.12. The number of pyridine rings is 1. The molecule has 8 heteroatoms. The lowest BCUT2D eigenvalue weighted by atomic mass is 10.0. The molecule has 20 heavy (non-hydrogen) atoms. The largest absolute Gasteiger partial charge is 0.326 e. The van der Waals surface area contributed by atoms with Gasteiger partial charge in [0.05, 0.1) is 4.90 Å². The lowest BCUT2D eigenvalue weighted by Gasteiger charge is -2.27. The number of sulfonamides is 1. The number of H-pyrrole nitrogens is 1. The second kappa shape index (κ2) is 6.71. The van der Waals surface area contributed by atoms with E-state index in [4.69, 9.17) is 11.6 Å². The average molecular weight is 322 g/mol. The normalized spacial score (nSPS) is 13.9. The van der Waals surface area contributed by atoms with E-state index in [0.29, 0.717) is 5.92 Å². The van der Waals surface area contributed by atoms with E-state index in [9.17, 15) is 13.2 Å². The summed E-state index contributed by atoms with van der Waals surface area (Å²) < 4.78 is 26.8.